The van der Waals surface area contributed by atoms with Gasteiger partial charge in [0.25, 0.3) is 0 Å². The Balaban J connectivity index is 1.58. The first-order chi connectivity index (χ1) is 15.4. The van der Waals surface area contributed by atoms with Crippen LogP contribution in [0.3, 0.4) is 0 Å². The summed E-state index contributed by atoms with van der Waals surface area (Å²) in [6.07, 6.45) is 2.23. The molecule has 2 aromatic carbocycles. The fraction of sp³-hybridized carbons (Fsp3) is 0.308. The van der Waals surface area contributed by atoms with Crippen LogP contribution in [0.4, 0.5) is 4.39 Å². The molecule has 0 saturated carbocycles. The lowest BCUT2D eigenvalue weighted by Crippen LogP contribution is -2.49. The highest BCUT2D eigenvalue weighted by Crippen LogP contribution is 2.33. The number of rotatable bonds is 6. The second-order valence-corrected chi connectivity index (χ2v) is 8.45. The number of nitrogens with zero attached hydrogens (tertiary/aromatic N) is 3. The summed E-state index contributed by atoms with van der Waals surface area (Å²) in [6.45, 7) is 5.00. The van der Waals surface area contributed by atoms with Gasteiger partial charge in [-0.15, -0.1) is 0 Å². The molecule has 1 aliphatic heterocycles. The van der Waals surface area contributed by atoms with E-state index in [2.05, 4.69) is 4.57 Å². The zero-order chi connectivity index (χ0) is 22.7. The van der Waals surface area contributed by atoms with Gasteiger partial charge in [-0.25, -0.2) is 4.39 Å². The Labute approximate surface area is 188 Å². The third-order valence-electron chi connectivity index (χ3n) is 5.97. The molecular weight excluding hydrogens is 405 g/mol. The highest BCUT2D eigenvalue weighted by molar-refractivity contribution is 5.86. The Hall–Kier alpha value is -3.41. The molecule has 3 aromatic rings. The number of hydrogen-bond acceptors (Lipinski definition) is 2. The second kappa shape index (κ2) is 9.39. The van der Waals surface area contributed by atoms with E-state index in [1.807, 2.05) is 68.6 Å². The number of hydrogen-bond donors (Lipinski definition) is 0. The van der Waals surface area contributed by atoms with Crippen LogP contribution in [0.25, 0.3) is 0 Å². The van der Waals surface area contributed by atoms with Crippen molar-refractivity contribution in [3.05, 3.63) is 95.6 Å². The summed E-state index contributed by atoms with van der Waals surface area (Å²) in [7, 11) is 0. The minimum atomic E-state index is -0.389. The molecule has 0 N–H and O–H groups in total. The number of amides is 2. The third-order valence-corrected chi connectivity index (χ3v) is 5.97. The fourth-order valence-electron chi connectivity index (χ4n) is 4.35. The van der Waals surface area contributed by atoms with Gasteiger partial charge >= 0.3 is 0 Å². The van der Waals surface area contributed by atoms with Crippen LogP contribution >= 0.6 is 0 Å². The van der Waals surface area contributed by atoms with Gasteiger partial charge in [0.2, 0.25) is 11.8 Å². The van der Waals surface area contributed by atoms with Crippen LogP contribution in [0.5, 0.6) is 0 Å². The van der Waals surface area contributed by atoms with Crippen molar-refractivity contribution in [3.8, 4) is 0 Å². The number of carbonyl (C=O) groups excluding carboxylic acids is 2. The first kappa shape index (κ1) is 21.8. The number of carbonyl (C=O) groups is 2. The van der Waals surface area contributed by atoms with Crippen molar-refractivity contribution in [1.82, 2.24) is 14.4 Å². The Morgan fingerprint density at radius 3 is 2.53 bits per heavy atom. The summed E-state index contributed by atoms with van der Waals surface area (Å²) < 4.78 is 16.1. The fourth-order valence-corrected chi connectivity index (χ4v) is 4.35. The molecule has 0 fully saturated rings. The quantitative estimate of drug-likeness (QED) is 0.589. The Morgan fingerprint density at radius 1 is 1.03 bits per heavy atom. The maximum Gasteiger partial charge on any atom is 0.243 e. The lowest BCUT2D eigenvalue weighted by Gasteiger charge is -2.39. The van der Waals surface area contributed by atoms with Gasteiger partial charge < -0.3 is 14.4 Å². The summed E-state index contributed by atoms with van der Waals surface area (Å²) >= 11 is 0. The largest absolute Gasteiger partial charge is 0.348 e. The van der Waals surface area contributed by atoms with E-state index in [0.717, 1.165) is 16.8 Å². The first-order valence-corrected chi connectivity index (χ1v) is 11.0. The lowest BCUT2D eigenvalue weighted by molar-refractivity contribution is -0.143. The minimum Gasteiger partial charge on any atom is -0.348 e. The molecule has 0 bridgehead atoms. The van der Waals surface area contributed by atoms with Gasteiger partial charge in [-0.2, -0.15) is 0 Å². The molecule has 32 heavy (non-hydrogen) atoms. The first-order valence-electron chi connectivity index (χ1n) is 11.0. The molecular formula is C26H28FN3O2. The minimum absolute atomic E-state index is 0.00411. The Morgan fingerprint density at radius 2 is 1.81 bits per heavy atom. The number of halogens is 1. The van der Waals surface area contributed by atoms with Gasteiger partial charge in [-0.05, 0) is 49.2 Å². The van der Waals surface area contributed by atoms with E-state index in [9.17, 15) is 14.0 Å². The van der Waals surface area contributed by atoms with Crippen molar-refractivity contribution in [2.75, 3.05) is 13.1 Å². The second-order valence-electron chi connectivity index (χ2n) is 8.45. The molecule has 2 heterocycles. The predicted octanol–water partition coefficient (Wildman–Crippen LogP) is 4.04. The van der Waals surface area contributed by atoms with Gasteiger partial charge in [0.05, 0.1) is 12.5 Å². The van der Waals surface area contributed by atoms with Crippen LogP contribution in [0, 0.1) is 5.82 Å². The smallest absolute Gasteiger partial charge is 0.243 e. The van der Waals surface area contributed by atoms with Gasteiger partial charge in [0.15, 0.2) is 0 Å². The summed E-state index contributed by atoms with van der Waals surface area (Å²) in [4.78, 5) is 29.9. The van der Waals surface area contributed by atoms with Crippen LogP contribution in [0.2, 0.25) is 0 Å². The molecule has 0 saturated heterocycles. The normalized spacial score (nSPS) is 15.5. The average molecular weight is 434 g/mol. The molecule has 0 spiro atoms. The van der Waals surface area contributed by atoms with Crippen LogP contribution in [0.1, 0.15) is 36.7 Å². The van der Waals surface area contributed by atoms with E-state index in [0.29, 0.717) is 13.1 Å². The van der Waals surface area contributed by atoms with Crippen LogP contribution in [0.15, 0.2) is 72.9 Å². The van der Waals surface area contributed by atoms with Crippen molar-refractivity contribution >= 4 is 11.8 Å². The van der Waals surface area contributed by atoms with Crippen LogP contribution in [-0.2, 0) is 22.6 Å². The van der Waals surface area contributed by atoms with Gasteiger partial charge in [-0.1, -0.05) is 42.5 Å². The lowest BCUT2D eigenvalue weighted by atomic mass is 9.99. The molecule has 4 rings (SSSR count). The monoisotopic (exact) mass is 433 g/mol. The van der Waals surface area contributed by atoms with E-state index in [1.165, 1.54) is 12.1 Å². The van der Waals surface area contributed by atoms with Crippen molar-refractivity contribution < 1.29 is 14.0 Å². The molecule has 1 aliphatic rings. The zero-order valence-electron chi connectivity index (χ0n) is 18.4. The zero-order valence-corrected chi connectivity index (χ0v) is 18.4. The summed E-state index contributed by atoms with van der Waals surface area (Å²) in [5.41, 5.74) is 2.59. The highest BCUT2D eigenvalue weighted by Gasteiger charge is 2.34. The van der Waals surface area contributed by atoms with Crippen LogP contribution < -0.4 is 0 Å². The summed E-state index contributed by atoms with van der Waals surface area (Å²) in [5, 5.41) is 0. The molecule has 1 unspecified atom stereocenters. The predicted molar refractivity (Wildman–Crippen MR) is 121 cm³/mol. The highest BCUT2D eigenvalue weighted by atomic mass is 19.1. The molecule has 166 valence electrons. The van der Waals surface area contributed by atoms with Crippen molar-refractivity contribution in [1.29, 1.82) is 0 Å². The standard InChI is InChI=1S/C26H28FN3O2/c1-19(2)30(24(31)16-20-8-4-3-5-9-20)18-25(32)29-15-14-28-13-7-12-23(28)26(29)21-10-6-11-22(27)17-21/h3-13,17,19,26H,14-16,18H2,1-2H3. The van der Waals surface area contributed by atoms with Crippen molar-refractivity contribution in [2.45, 2.75) is 38.9 Å². The number of fused-ring (bicyclic) bond motifs is 1. The van der Waals surface area contributed by atoms with Crippen LogP contribution in [-0.4, -0.2) is 45.3 Å². The third kappa shape index (κ3) is 4.59. The maximum absolute atomic E-state index is 14.0. The van der Waals surface area contributed by atoms with E-state index in [-0.39, 0.29) is 42.7 Å². The average Bonchev–Trinajstić information content (AvgIpc) is 3.26. The molecule has 1 aromatic heterocycles. The van der Waals surface area contributed by atoms with E-state index in [4.69, 9.17) is 0 Å². The van der Waals surface area contributed by atoms with Crippen molar-refractivity contribution in [3.63, 3.8) is 0 Å². The molecule has 2 amide bonds. The summed E-state index contributed by atoms with van der Waals surface area (Å²) in [5.74, 6) is -0.551. The van der Waals surface area contributed by atoms with Crippen molar-refractivity contribution in [2.24, 2.45) is 0 Å². The number of aromatic nitrogens is 1. The van der Waals surface area contributed by atoms with E-state index < -0.39 is 0 Å². The molecule has 0 radical (unpaired) electrons. The molecule has 6 heteroatoms. The van der Waals surface area contributed by atoms with Gasteiger partial charge in [0.1, 0.15) is 12.4 Å². The SMILES string of the molecule is CC(C)N(CC(=O)N1CCn2cccc2C1c1cccc(F)c1)C(=O)Cc1ccccc1. The summed E-state index contributed by atoms with van der Waals surface area (Å²) in [6, 6.07) is 19.3. The number of benzene rings is 2. The van der Waals surface area contributed by atoms with E-state index in [1.54, 1.807) is 15.9 Å². The maximum atomic E-state index is 14.0. The molecule has 0 aliphatic carbocycles. The topological polar surface area (TPSA) is 45.6 Å². The van der Waals surface area contributed by atoms with E-state index >= 15 is 0 Å². The molecule has 5 nitrogen and oxygen atoms in total. The molecule has 1 atom stereocenters. The Bertz CT molecular complexity index is 1090. The van der Waals surface area contributed by atoms with Gasteiger partial charge in [-0.3, -0.25) is 9.59 Å². The Kier molecular flexibility index (Phi) is 6.40. The van der Waals surface area contributed by atoms with Gasteiger partial charge in [0, 0.05) is 31.0 Å².